The molecular formula is C15H20N2O3. The zero-order valence-electron chi connectivity index (χ0n) is 12.3. The van der Waals surface area contributed by atoms with Gasteiger partial charge in [-0.1, -0.05) is 26.0 Å². The number of carboxylic acid groups (broad SMARTS) is 1. The highest BCUT2D eigenvalue weighted by Crippen LogP contribution is 2.40. The molecule has 0 fully saturated rings. The van der Waals surface area contributed by atoms with Crippen LogP contribution in [0, 0.1) is 0 Å². The fourth-order valence-corrected chi connectivity index (χ4v) is 2.72. The van der Waals surface area contributed by atoms with Crippen molar-refractivity contribution in [2.75, 3.05) is 23.9 Å². The quantitative estimate of drug-likeness (QED) is 0.918. The number of rotatable bonds is 3. The Bertz CT molecular complexity index is 554. The number of para-hydroxylation sites is 1. The third-order valence-electron chi connectivity index (χ3n) is 3.83. The molecule has 1 aliphatic rings. The highest BCUT2D eigenvalue weighted by atomic mass is 16.4. The summed E-state index contributed by atoms with van der Waals surface area (Å²) in [4.78, 5) is 26.7. The van der Waals surface area contributed by atoms with E-state index in [0.717, 1.165) is 16.9 Å². The van der Waals surface area contributed by atoms with E-state index in [1.165, 1.54) is 0 Å². The van der Waals surface area contributed by atoms with Crippen LogP contribution in [-0.2, 0) is 9.59 Å². The highest BCUT2D eigenvalue weighted by Gasteiger charge is 2.37. The third kappa shape index (κ3) is 2.24. The highest BCUT2D eigenvalue weighted by molar-refractivity contribution is 6.06. The van der Waals surface area contributed by atoms with E-state index in [0.29, 0.717) is 5.92 Å². The molecule has 0 bridgehead atoms. The summed E-state index contributed by atoms with van der Waals surface area (Å²) in [5.41, 5.74) is 2.92. The Balaban J connectivity index is 2.56. The molecule has 20 heavy (non-hydrogen) atoms. The summed E-state index contributed by atoms with van der Waals surface area (Å²) in [6, 6.07) is 5.21. The van der Waals surface area contributed by atoms with Crippen LogP contribution in [0.15, 0.2) is 18.2 Å². The predicted octanol–water partition coefficient (Wildman–Crippen LogP) is 2.07. The summed E-state index contributed by atoms with van der Waals surface area (Å²) in [5, 5.41) is 9.02. The minimum atomic E-state index is -0.964. The fraction of sp³-hybridized carbons (Fsp3) is 0.467. The molecule has 1 aliphatic heterocycles. The molecule has 1 atom stereocenters. The van der Waals surface area contributed by atoms with Crippen molar-refractivity contribution in [3.05, 3.63) is 23.8 Å². The number of likely N-dealkylation sites (N-methyl/N-ethyl adjacent to an activating group) is 2. The maximum atomic E-state index is 12.3. The van der Waals surface area contributed by atoms with Crippen LogP contribution in [0.2, 0.25) is 0 Å². The van der Waals surface area contributed by atoms with Gasteiger partial charge in [-0.25, -0.2) is 0 Å². The first-order valence-corrected chi connectivity index (χ1v) is 6.69. The second-order valence-corrected chi connectivity index (χ2v) is 5.49. The first kappa shape index (κ1) is 14.4. The number of benzene rings is 1. The Morgan fingerprint density at radius 1 is 1.35 bits per heavy atom. The van der Waals surface area contributed by atoms with Crippen LogP contribution in [-0.4, -0.2) is 37.1 Å². The van der Waals surface area contributed by atoms with Gasteiger partial charge in [0.2, 0.25) is 5.91 Å². The second-order valence-electron chi connectivity index (χ2n) is 5.49. The zero-order valence-corrected chi connectivity index (χ0v) is 12.3. The van der Waals surface area contributed by atoms with Crippen molar-refractivity contribution in [1.29, 1.82) is 0 Å². The Hall–Kier alpha value is -2.04. The number of fused-ring (bicyclic) bond motifs is 1. The molecule has 0 spiro atoms. The molecule has 5 heteroatoms. The third-order valence-corrected chi connectivity index (χ3v) is 3.83. The van der Waals surface area contributed by atoms with Crippen molar-refractivity contribution in [1.82, 2.24) is 0 Å². The first-order valence-electron chi connectivity index (χ1n) is 6.69. The molecule has 1 aromatic carbocycles. The number of hydrogen-bond acceptors (Lipinski definition) is 3. The van der Waals surface area contributed by atoms with Crippen molar-refractivity contribution < 1.29 is 14.7 Å². The lowest BCUT2D eigenvalue weighted by atomic mass is 9.95. The van der Waals surface area contributed by atoms with E-state index in [2.05, 4.69) is 13.8 Å². The van der Waals surface area contributed by atoms with E-state index in [-0.39, 0.29) is 12.3 Å². The summed E-state index contributed by atoms with van der Waals surface area (Å²) in [5.74, 6) is -0.836. The molecule has 5 nitrogen and oxygen atoms in total. The molecular weight excluding hydrogens is 256 g/mol. The summed E-state index contributed by atoms with van der Waals surface area (Å²) in [6.45, 7) is 4.18. The molecule has 1 N–H and O–H groups in total. The van der Waals surface area contributed by atoms with Crippen molar-refractivity contribution in [2.24, 2.45) is 0 Å². The van der Waals surface area contributed by atoms with Gasteiger partial charge in [0.15, 0.2) is 0 Å². The van der Waals surface area contributed by atoms with Crippen LogP contribution in [0.1, 0.15) is 31.7 Å². The summed E-state index contributed by atoms with van der Waals surface area (Å²) >= 11 is 0. The Kier molecular flexibility index (Phi) is 3.70. The van der Waals surface area contributed by atoms with E-state index in [9.17, 15) is 9.59 Å². The Morgan fingerprint density at radius 2 is 2.00 bits per heavy atom. The van der Waals surface area contributed by atoms with Gasteiger partial charge >= 0.3 is 5.97 Å². The SMILES string of the molecule is CC(C)c1cccc2c1N(C)C(CC(=O)O)C(=O)N2C. The van der Waals surface area contributed by atoms with Gasteiger partial charge in [0, 0.05) is 14.1 Å². The lowest BCUT2D eigenvalue weighted by molar-refractivity contribution is -0.139. The average molecular weight is 276 g/mol. The van der Waals surface area contributed by atoms with E-state index in [1.807, 2.05) is 18.2 Å². The lowest BCUT2D eigenvalue weighted by Crippen LogP contribution is -2.51. The van der Waals surface area contributed by atoms with Gasteiger partial charge in [-0.2, -0.15) is 0 Å². The second kappa shape index (κ2) is 5.15. The smallest absolute Gasteiger partial charge is 0.305 e. The number of carbonyl (C=O) groups excluding carboxylic acids is 1. The van der Waals surface area contributed by atoms with Crippen LogP contribution < -0.4 is 9.80 Å². The number of nitrogens with zero attached hydrogens (tertiary/aromatic N) is 2. The average Bonchev–Trinajstić information content (AvgIpc) is 2.40. The fourth-order valence-electron chi connectivity index (χ4n) is 2.72. The number of carbonyl (C=O) groups is 2. The number of amides is 1. The number of aliphatic carboxylic acids is 1. The van der Waals surface area contributed by atoms with Crippen LogP contribution >= 0.6 is 0 Å². The summed E-state index contributed by atoms with van der Waals surface area (Å²) in [7, 11) is 3.50. The van der Waals surface area contributed by atoms with Gasteiger partial charge in [0.05, 0.1) is 17.8 Å². The molecule has 1 heterocycles. The van der Waals surface area contributed by atoms with Gasteiger partial charge in [-0.3, -0.25) is 9.59 Å². The largest absolute Gasteiger partial charge is 0.481 e. The Morgan fingerprint density at radius 3 is 2.55 bits per heavy atom. The van der Waals surface area contributed by atoms with Crippen molar-refractivity contribution in [3.8, 4) is 0 Å². The van der Waals surface area contributed by atoms with Crippen molar-refractivity contribution >= 4 is 23.3 Å². The lowest BCUT2D eigenvalue weighted by Gasteiger charge is -2.40. The van der Waals surface area contributed by atoms with Gasteiger partial charge in [-0.05, 0) is 17.5 Å². The zero-order chi connectivity index (χ0) is 15.0. The molecule has 1 amide bonds. The number of carboxylic acids is 1. The Labute approximate surface area is 118 Å². The van der Waals surface area contributed by atoms with E-state index in [1.54, 1.807) is 23.9 Å². The van der Waals surface area contributed by atoms with Crippen LogP contribution in [0.25, 0.3) is 0 Å². The van der Waals surface area contributed by atoms with Crippen molar-refractivity contribution in [2.45, 2.75) is 32.2 Å². The molecule has 0 radical (unpaired) electrons. The number of hydrogen-bond donors (Lipinski definition) is 1. The van der Waals surface area contributed by atoms with E-state index >= 15 is 0 Å². The van der Waals surface area contributed by atoms with Crippen molar-refractivity contribution in [3.63, 3.8) is 0 Å². The van der Waals surface area contributed by atoms with Gasteiger partial charge < -0.3 is 14.9 Å². The van der Waals surface area contributed by atoms with Gasteiger partial charge in [0.25, 0.3) is 0 Å². The molecule has 0 aliphatic carbocycles. The van der Waals surface area contributed by atoms with E-state index < -0.39 is 12.0 Å². The topological polar surface area (TPSA) is 60.9 Å². The molecule has 0 saturated carbocycles. The monoisotopic (exact) mass is 276 g/mol. The van der Waals surface area contributed by atoms with Crippen LogP contribution in [0.3, 0.4) is 0 Å². The minimum Gasteiger partial charge on any atom is -0.481 e. The molecule has 1 aromatic rings. The first-order chi connectivity index (χ1) is 9.34. The molecule has 1 unspecified atom stereocenters. The molecule has 108 valence electrons. The summed E-state index contributed by atoms with van der Waals surface area (Å²) in [6.07, 6.45) is -0.189. The number of anilines is 2. The minimum absolute atomic E-state index is 0.177. The molecule has 2 rings (SSSR count). The normalized spacial score (nSPS) is 18.4. The van der Waals surface area contributed by atoms with E-state index in [4.69, 9.17) is 5.11 Å². The maximum Gasteiger partial charge on any atom is 0.305 e. The predicted molar refractivity (Wildman–Crippen MR) is 78.4 cm³/mol. The van der Waals surface area contributed by atoms with Gasteiger partial charge in [-0.15, -0.1) is 0 Å². The van der Waals surface area contributed by atoms with Crippen LogP contribution in [0.5, 0.6) is 0 Å². The molecule has 0 saturated heterocycles. The molecule has 0 aromatic heterocycles. The standard InChI is InChI=1S/C15H20N2O3/c1-9(2)10-6-5-7-11-14(10)16(3)12(8-13(18)19)15(20)17(11)4/h5-7,9,12H,8H2,1-4H3,(H,18,19). The van der Waals surface area contributed by atoms with Crippen LogP contribution in [0.4, 0.5) is 11.4 Å². The maximum absolute atomic E-state index is 12.3. The summed E-state index contributed by atoms with van der Waals surface area (Å²) < 4.78 is 0. The van der Waals surface area contributed by atoms with Gasteiger partial charge in [0.1, 0.15) is 6.04 Å².